The maximum absolute atomic E-state index is 5.54. The number of hydrogen-bond donors (Lipinski definition) is 0. The highest BCUT2D eigenvalue weighted by atomic mass is 32.1. The first-order chi connectivity index (χ1) is 13.8. The van der Waals surface area contributed by atoms with Gasteiger partial charge in [-0.25, -0.2) is 4.98 Å². The molecule has 0 aliphatic rings. The minimum absolute atomic E-state index is 0.0314. The number of aromatic nitrogens is 5. The molecule has 0 bridgehead atoms. The van der Waals surface area contributed by atoms with E-state index in [-0.39, 0.29) is 5.41 Å². The second-order valence-electron chi connectivity index (χ2n) is 7.97. The average Bonchev–Trinajstić information content (AvgIpc) is 3.38. The Hall–Kier alpha value is -2.54. The summed E-state index contributed by atoms with van der Waals surface area (Å²) in [5.74, 6) is 1.90. The fraction of sp³-hybridized carbons (Fsp3) is 0.455. The van der Waals surface area contributed by atoms with Crippen LogP contribution in [-0.4, -0.2) is 32.3 Å². The molecule has 0 saturated carbocycles. The van der Waals surface area contributed by atoms with E-state index < -0.39 is 0 Å². The highest BCUT2D eigenvalue weighted by molar-refractivity contribution is 7.09. The molecule has 0 unspecified atom stereocenters. The molecule has 0 amide bonds. The largest absolute Gasteiger partial charge is 0.496 e. The third-order valence-electron chi connectivity index (χ3n) is 4.86. The lowest BCUT2D eigenvalue weighted by atomic mass is 9.86. The molecule has 2 heterocycles. The van der Waals surface area contributed by atoms with Crippen LogP contribution in [0.25, 0.3) is 17.5 Å². The van der Waals surface area contributed by atoms with Gasteiger partial charge < -0.3 is 4.74 Å². The van der Waals surface area contributed by atoms with Crippen molar-refractivity contribution >= 4 is 17.4 Å². The van der Waals surface area contributed by atoms with Gasteiger partial charge in [0.15, 0.2) is 0 Å². The van der Waals surface area contributed by atoms with Crippen LogP contribution in [0.3, 0.4) is 0 Å². The van der Waals surface area contributed by atoms with Crippen molar-refractivity contribution < 1.29 is 4.74 Å². The van der Waals surface area contributed by atoms with E-state index in [0.29, 0.717) is 18.3 Å². The van der Waals surface area contributed by atoms with Crippen LogP contribution in [0.15, 0.2) is 29.7 Å². The fourth-order valence-electron chi connectivity index (χ4n) is 2.95. The molecule has 0 aliphatic carbocycles. The zero-order valence-electron chi connectivity index (χ0n) is 18.0. The number of methoxy groups -OCH3 is 1. The molecular formula is C22H29N5OS. The van der Waals surface area contributed by atoms with Gasteiger partial charge in [-0.2, -0.15) is 4.80 Å². The topological polar surface area (TPSA) is 65.7 Å². The second kappa shape index (κ2) is 8.86. The fourth-order valence-corrected chi connectivity index (χ4v) is 3.97. The van der Waals surface area contributed by atoms with E-state index >= 15 is 0 Å². The Kier molecular flexibility index (Phi) is 6.47. The van der Waals surface area contributed by atoms with Crippen molar-refractivity contribution in [3.05, 3.63) is 45.9 Å². The molecule has 7 heteroatoms. The van der Waals surface area contributed by atoms with Crippen LogP contribution < -0.4 is 4.74 Å². The van der Waals surface area contributed by atoms with Crippen LogP contribution in [-0.2, 0) is 12.0 Å². The summed E-state index contributed by atoms with van der Waals surface area (Å²) in [6.45, 7) is 11.5. The Labute approximate surface area is 176 Å². The van der Waals surface area contributed by atoms with Crippen molar-refractivity contribution in [3.8, 4) is 17.1 Å². The standard InChI is InChI=1S/C22H29N5OS/c1-7-27-25-20(24-26-27)17-10-11-18(28-6)16(13-17)9-8-12-22(4,5)19-14-29-21(23-19)15(2)3/h8-11,13-15H,7,12H2,1-6H3/b9-8+. The lowest BCUT2D eigenvalue weighted by Crippen LogP contribution is -2.16. The van der Waals surface area contributed by atoms with Gasteiger partial charge in [0, 0.05) is 27.8 Å². The summed E-state index contributed by atoms with van der Waals surface area (Å²) in [6, 6.07) is 5.95. The Bertz CT molecular complexity index is 987. The van der Waals surface area contributed by atoms with Crippen LogP contribution in [0.4, 0.5) is 0 Å². The lowest BCUT2D eigenvalue weighted by molar-refractivity contribution is 0.414. The first-order valence-electron chi connectivity index (χ1n) is 9.92. The molecule has 0 saturated heterocycles. The lowest BCUT2D eigenvalue weighted by Gasteiger charge is -2.20. The van der Waals surface area contributed by atoms with Gasteiger partial charge in [-0.05, 0) is 36.8 Å². The van der Waals surface area contributed by atoms with Gasteiger partial charge in [0.25, 0.3) is 0 Å². The highest BCUT2D eigenvalue weighted by Crippen LogP contribution is 2.32. The molecule has 0 spiro atoms. The molecule has 0 fully saturated rings. The van der Waals surface area contributed by atoms with Gasteiger partial charge in [0.05, 0.1) is 24.4 Å². The van der Waals surface area contributed by atoms with Crippen molar-refractivity contribution in [1.29, 1.82) is 0 Å². The van der Waals surface area contributed by atoms with Gasteiger partial charge in [-0.3, -0.25) is 0 Å². The Morgan fingerprint density at radius 2 is 2.07 bits per heavy atom. The zero-order valence-corrected chi connectivity index (χ0v) is 18.8. The van der Waals surface area contributed by atoms with Crippen LogP contribution in [0, 0.1) is 0 Å². The van der Waals surface area contributed by atoms with E-state index in [0.717, 1.165) is 29.0 Å². The first kappa shape index (κ1) is 21.2. The molecule has 6 nitrogen and oxygen atoms in total. The summed E-state index contributed by atoms with van der Waals surface area (Å²) in [5.41, 5.74) is 3.04. The van der Waals surface area contributed by atoms with Crippen LogP contribution >= 0.6 is 11.3 Å². The van der Waals surface area contributed by atoms with Crippen LogP contribution in [0.5, 0.6) is 5.75 Å². The van der Waals surface area contributed by atoms with Gasteiger partial charge in [-0.15, -0.1) is 21.5 Å². The number of tetrazole rings is 1. The van der Waals surface area contributed by atoms with E-state index in [2.05, 4.69) is 60.6 Å². The highest BCUT2D eigenvalue weighted by Gasteiger charge is 2.23. The Balaban J connectivity index is 1.80. The quantitative estimate of drug-likeness (QED) is 0.501. The van der Waals surface area contributed by atoms with E-state index in [4.69, 9.17) is 9.72 Å². The number of hydrogen-bond acceptors (Lipinski definition) is 6. The van der Waals surface area contributed by atoms with Crippen molar-refractivity contribution in [2.45, 2.75) is 58.9 Å². The predicted octanol–water partition coefficient (Wildman–Crippen LogP) is 5.33. The minimum Gasteiger partial charge on any atom is -0.496 e. The van der Waals surface area contributed by atoms with Crippen molar-refractivity contribution in [1.82, 2.24) is 25.2 Å². The monoisotopic (exact) mass is 411 g/mol. The summed E-state index contributed by atoms with van der Waals surface area (Å²) in [4.78, 5) is 6.42. The van der Waals surface area contributed by atoms with Gasteiger partial charge >= 0.3 is 0 Å². The van der Waals surface area contributed by atoms with Crippen LogP contribution in [0.1, 0.15) is 63.2 Å². The molecule has 1 aromatic carbocycles. The molecular weight excluding hydrogens is 382 g/mol. The number of nitrogens with zero attached hydrogens (tertiary/aromatic N) is 5. The summed E-state index contributed by atoms with van der Waals surface area (Å²) >= 11 is 1.75. The summed E-state index contributed by atoms with van der Waals surface area (Å²) in [6.07, 6.45) is 5.17. The maximum Gasteiger partial charge on any atom is 0.204 e. The predicted molar refractivity (Wildman–Crippen MR) is 118 cm³/mol. The normalized spacial score (nSPS) is 12.2. The van der Waals surface area contributed by atoms with E-state index in [1.54, 1.807) is 23.2 Å². The number of aryl methyl sites for hydroxylation is 1. The van der Waals surface area contributed by atoms with Crippen molar-refractivity contribution in [2.75, 3.05) is 7.11 Å². The molecule has 0 atom stereocenters. The molecule has 154 valence electrons. The average molecular weight is 412 g/mol. The third kappa shape index (κ3) is 4.90. The third-order valence-corrected chi connectivity index (χ3v) is 6.00. The van der Waals surface area contributed by atoms with E-state index in [1.165, 1.54) is 5.01 Å². The number of thiazole rings is 1. The van der Waals surface area contributed by atoms with Gasteiger partial charge in [0.2, 0.25) is 5.82 Å². The second-order valence-corrected chi connectivity index (χ2v) is 8.86. The van der Waals surface area contributed by atoms with Crippen LogP contribution in [0.2, 0.25) is 0 Å². The Morgan fingerprint density at radius 1 is 1.28 bits per heavy atom. The summed E-state index contributed by atoms with van der Waals surface area (Å²) in [5, 5.41) is 16.0. The number of allylic oxidation sites excluding steroid dienone is 1. The number of rotatable bonds is 8. The smallest absolute Gasteiger partial charge is 0.204 e. The molecule has 2 aromatic heterocycles. The molecule has 29 heavy (non-hydrogen) atoms. The zero-order chi connectivity index (χ0) is 21.0. The molecule has 0 aliphatic heterocycles. The number of benzene rings is 1. The summed E-state index contributed by atoms with van der Waals surface area (Å²) < 4.78 is 5.54. The first-order valence-corrected chi connectivity index (χ1v) is 10.8. The van der Waals surface area contributed by atoms with E-state index in [9.17, 15) is 0 Å². The Morgan fingerprint density at radius 3 is 2.69 bits per heavy atom. The SMILES string of the molecule is CCn1nnc(-c2ccc(OC)c(/C=C/CC(C)(C)c3csc(C(C)C)n3)c2)n1. The van der Waals surface area contributed by atoms with Gasteiger partial charge in [-0.1, -0.05) is 39.8 Å². The molecule has 0 radical (unpaired) electrons. The van der Waals surface area contributed by atoms with E-state index in [1.807, 2.05) is 25.1 Å². The molecule has 3 aromatic rings. The minimum atomic E-state index is -0.0314. The maximum atomic E-state index is 5.54. The van der Waals surface area contributed by atoms with Crippen molar-refractivity contribution in [3.63, 3.8) is 0 Å². The van der Waals surface area contributed by atoms with Crippen molar-refractivity contribution in [2.24, 2.45) is 0 Å². The van der Waals surface area contributed by atoms with Gasteiger partial charge in [0.1, 0.15) is 5.75 Å². The molecule has 3 rings (SSSR count). The number of ether oxygens (including phenoxy) is 1. The molecule has 0 N–H and O–H groups in total. The summed E-state index contributed by atoms with van der Waals surface area (Å²) in [7, 11) is 1.69.